The fraction of sp³-hybridized carbons (Fsp3) is 0.357. The van der Waals surface area contributed by atoms with Crippen molar-refractivity contribution in [1.82, 2.24) is 0 Å². The van der Waals surface area contributed by atoms with Crippen molar-refractivity contribution in [3.8, 4) is 0 Å². The third-order valence-electron chi connectivity index (χ3n) is 3.25. The predicted octanol–water partition coefficient (Wildman–Crippen LogP) is -0.114. The molecule has 0 saturated heterocycles. The molecular formula is C14H18O8. The lowest BCUT2D eigenvalue weighted by atomic mass is 9.64. The molecule has 122 valence electrons. The smallest absolute Gasteiger partial charge is 0.328 e. The van der Waals surface area contributed by atoms with Gasteiger partial charge in [-0.05, 0) is 0 Å². The molecule has 0 amide bonds. The van der Waals surface area contributed by atoms with Gasteiger partial charge in [0.15, 0.2) is 0 Å². The van der Waals surface area contributed by atoms with Gasteiger partial charge in [0.1, 0.15) is 0 Å². The Labute approximate surface area is 126 Å². The lowest BCUT2D eigenvalue weighted by Gasteiger charge is -2.41. The van der Waals surface area contributed by atoms with Crippen molar-refractivity contribution in [2.75, 3.05) is 13.2 Å². The first kappa shape index (κ1) is 19.6. The van der Waals surface area contributed by atoms with Crippen LogP contribution in [0.15, 0.2) is 36.5 Å². The molecule has 0 bridgehead atoms. The van der Waals surface area contributed by atoms with Gasteiger partial charge in [0.2, 0.25) is 0 Å². The Kier molecular flexibility index (Phi) is 7.20. The highest BCUT2D eigenvalue weighted by atomic mass is 16.4. The Bertz CT molecular complexity index is 451. The van der Waals surface area contributed by atoms with Crippen LogP contribution in [0.2, 0.25) is 0 Å². The summed E-state index contributed by atoms with van der Waals surface area (Å²) in [6, 6.07) is 0. The molecule has 8 nitrogen and oxygen atoms in total. The second-order valence-electron chi connectivity index (χ2n) is 4.82. The summed E-state index contributed by atoms with van der Waals surface area (Å²) in [5.41, 5.74) is -3.07. The van der Waals surface area contributed by atoms with Crippen LogP contribution < -0.4 is 0 Å². The van der Waals surface area contributed by atoms with Crippen LogP contribution in [-0.2, 0) is 14.4 Å². The summed E-state index contributed by atoms with van der Waals surface area (Å²) in [4.78, 5) is 32.2. The zero-order valence-electron chi connectivity index (χ0n) is 11.8. The Morgan fingerprint density at radius 2 is 1.05 bits per heavy atom. The molecular weight excluding hydrogens is 296 g/mol. The molecule has 0 fully saturated rings. The molecule has 0 aliphatic rings. The summed E-state index contributed by atoms with van der Waals surface area (Å²) in [7, 11) is 0. The highest BCUT2D eigenvalue weighted by Gasteiger charge is 2.42. The Balaban J connectivity index is 6.29. The molecule has 0 saturated carbocycles. The van der Waals surface area contributed by atoms with Crippen molar-refractivity contribution in [3.63, 3.8) is 0 Å². The van der Waals surface area contributed by atoms with Crippen LogP contribution >= 0.6 is 0 Å². The summed E-state index contributed by atoms with van der Waals surface area (Å²) in [6.07, 6.45) is 5.09. The molecule has 5 N–H and O–H groups in total. The fourth-order valence-electron chi connectivity index (χ4n) is 1.72. The fourth-order valence-corrected chi connectivity index (χ4v) is 1.72. The Morgan fingerprint density at radius 1 is 0.773 bits per heavy atom. The monoisotopic (exact) mass is 314 g/mol. The van der Waals surface area contributed by atoms with Crippen LogP contribution in [0.4, 0.5) is 0 Å². The maximum absolute atomic E-state index is 10.7. The molecule has 0 aliphatic heterocycles. The van der Waals surface area contributed by atoms with E-state index in [1.54, 1.807) is 0 Å². The molecule has 8 heteroatoms. The molecule has 22 heavy (non-hydrogen) atoms. The minimum Gasteiger partial charge on any atom is -0.478 e. The summed E-state index contributed by atoms with van der Waals surface area (Å²) in [5.74, 6) is -4.06. The van der Waals surface area contributed by atoms with Gasteiger partial charge in [-0.15, -0.1) is 0 Å². The quantitative estimate of drug-likeness (QED) is 0.369. The number of aliphatic hydroxyl groups excluding tert-OH is 2. The molecule has 0 aromatic carbocycles. The number of allylic oxidation sites excluding steroid dienone is 3. The van der Waals surface area contributed by atoms with Crippen LogP contribution in [-0.4, -0.2) is 56.7 Å². The van der Waals surface area contributed by atoms with Crippen molar-refractivity contribution < 1.29 is 39.9 Å². The third-order valence-corrected chi connectivity index (χ3v) is 3.25. The molecule has 0 aromatic heterocycles. The van der Waals surface area contributed by atoms with E-state index in [4.69, 9.17) is 15.3 Å². The number of aliphatic carboxylic acids is 3. The lowest BCUT2D eigenvalue weighted by molar-refractivity contribution is -0.132. The number of rotatable bonds is 9. The minimum atomic E-state index is -1.63. The first-order chi connectivity index (χ1) is 10.1. The van der Waals surface area contributed by atoms with Crippen molar-refractivity contribution in [2.24, 2.45) is 10.8 Å². The van der Waals surface area contributed by atoms with Gasteiger partial charge >= 0.3 is 17.9 Å². The average Bonchev–Trinajstić information content (AvgIpc) is 2.45. The summed E-state index contributed by atoms with van der Waals surface area (Å²) < 4.78 is 0. The largest absolute Gasteiger partial charge is 0.478 e. The van der Waals surface area contributed by atoms with Crippen LogP contribution in [0.5, 0.6) is 0 Å². The summed E-state index contributed by atoms with van der Waals surface area (Å²) >= 11 is 0. The highest BCUT2D eigenvalue weighted by molar-refractivity contribution is 5.82. The van der Waals surface area contributed by atoms with E-state index in [2.05, 4.69) is 0 Å². The Morgan fingerprint density at radius 3 is 1.23 bits per heavy atom. The highest BCUT2D eigenvalue weighted by Crippen LogP contribution is 2.43. The van der Waals surface area contributed by atoms with E-state index in [1.807, 2.05) is 0 Å². The number of carbonyl (C=O) groups is 3. The van der Waals surface area contributed by atoms with E-state index in [9.17, 15) is 24.6 Å². The van der Waals surface area contributed by atoms with Crippen molar-refractivity contribution >= 4 is 17.9 Å². The van der Waals surface area contributed by atoms with E-state index < -0.39 is 42.0 Å². The maximum Gasteiger partial charge on any atom is 0.328 e. The van der Waals surface area contributed by atoms with Crippen molar-refractivity contribution in [2.45, 2.75) is 6.92 Å². The third kappa shape index (κ3) is 5.15. The van der Waals surface area contributed by atoms with Gasteiger partial charge in [-0.2, -0.15) is 0 Å². The van der Waals surface area contributed by atoms with Crippen LogP contribution in [0, 0.1) is 10.8 Å². The van der Waals surface area contributed by atoms with Crippen LogP contribution in [0.25, 0.3) is 0 Å². The molecule has 0 rings (SSSR count). The number of carboxylic acid groups (broad SMARTS) is 3. The second-order valence-corrected chi connectivity index (χ2v) is 4.82. The van der Waals surface area contributed by atoms with Gasteiger partial charge in [0.25, 0.3) is 0 Å². The van der Waals surface area contributed by atoms with E-state index >= 15 is 0 Å². The maximum atomic E-state index is 10.7. The standard InChI is InChI=1S/C14H18O8/c1-13(8-15,9-16)14(5-2-10(17)18,6-3-11(19)20)7-4-12(21)22/h2-7,15-16H,8-9H2,1H3,(H,17,18)(H,19,20)(H,21,22). The average molecular weight is 314 g/mol. The lowest BCUT2D eigenvalue weighted by Crippen LogP contribution is -2.42. The first-order valence-electron chi connectivity index (χ1n) is 6.10. The van der Waals surface area contributed by atoms with Gasteiger partial charge in [0, 0.05) is 29.1 Å². The van der Waals surface area contributed by atoms with E-state index in [1.165, 1.54) is 6.92 Å². The van der Waals surface area contributed by atoms with Gasteiger partial charge in [-0.25, -0.2) is 14.4 Å². The summed E-state index contributed by atoms with van der Waals surface area (Å²) in [6.45, 7) is 0.0559. The topological polar surface area (TPSA) is 152 Å². The van der Waals surface area contributed by atoms with Crippen molar-refractivity contribution in [3.05, 3.63) is 36.5 Å². The molecule has 0 unspecified atom stereocenters. The summed E-state index contributed by atoms with van der Waals surface area (Å²) in [5, 5.41) is 45.3. The number of aliphatic hydroxyl groups is 2. The Hall–Kier alpha value is -2.45. The van der Waals surface area contributed by atoms with E-state index in [0.717, 1.165) is 18.2 Å². The second kappa shape index (κ2) is 8.11. The van der Waals surface area contributed by atoms with Crippen LogP contribution in [0.1, 0.15) is 6.92 Å². The van der Waals surface area contributed by atoms with Gasteiger partial charge in [-0.3, -0.25) is 0 Å². The van der Waals surface area contributed by atoms with Crippen molar-refractivity contribution in [1.29, 1.82) is 0 Å². The predicted molar refractivity (Wildman–Crippen MR) is 75.0 cm³/mol. The van der Waals surface area contributed by atoms with E-state index in [0.29, 0.717) is 18.2 Å². The molecule has 0 aromatic rings. The SMILES string of the molecule is CC(CO)(CO)C(C=CC(=O)O)(C=CC(=O)O)C=CC(=O)O. The number of carboxylic acids is 3. The molecule has 0 radical (unpaired) electrons. The normalized spacial score (nSPS) is 15.4. The zero-order chi connectivity index (χ0) is 17.4. The number of hydrogen-bond acceptors (Lipinski definition) is 5. The van der Waals surface area contributed by atoms with Crippen LogP contribution in [0.3, 0.4) is 0 Å². The molecule has 0 atom stereocenters. The van der Waals surface area contributed by atoms with Gasteiger partial charge in [0.05, 0.1) is 13.2 Å². The zero-order valence-corrected chi connectivity index (χ0v) is 11.8. The molecule has 0 heterocycles. The van der Waals surface area contributed by atoms with E-state index in [-0.39, 0.29) is 0 Å². The van der Waals surface area contributed by atoms with Gasteiger partial charge in [-0.1, -0.05) is 25.2 Å². The first-order valence-corrected chi connectivity index (χ1v) is 6.10. The van der Waals surface area contributed by atoms with Gasteiger partial charge < -0.3 is 25.5 Å². The molecule has 0 aliphatic carbocycles. The minimum absolute atomic E-state index is 0.651. The number of hydrogen-bond donors (Lipinski definition) is 5. The molecule has 0 spiro atoms.